The summed E-state index contributed by atoms with van der Waals surface area (Å²) in [6, 6.07) is 1.23. The summed E-state index contributed by atoms with van der Waals surface area (Å²) in [7, 11) is 2.10. The highest BCUT2D eigenvalue weighted by molar-refractivity contribution is 7.18. The maximum atomic E-state index is 12.1. The number of hydrogen-bond donors (Lipinski definition) is 3. The van der Waals surface area contributed by atoms with Crippen molar-refractivity contribution in [1.82, 2.24) is 15.2 Å². The van der Waals surface area contributed by atoms with E-state index in [9.17, 15) is 4.79 Å². The number of carbonyl (C=O) groups is 1. The zero-order valence-electron chi connectivity index (χ0n) is 11.7. The number of carbonyl (C=O) groups excluding carboxylic acids is 1. The van der Waals surface area contributed by atoms with Crippen molar-refractivity contribution in [1.29, 1.82) is 0 Å². The molecule has 1 amide bonds. The third-order valence-electron chi connectivity index (χ3n) is 3.68. The normalized spacial score (nSPS) is 18.3. The molecule has 1 heterocycles. The van der Waals surface area contributed by atoms with Crippen LogP contribution < -0.4 is 16.4 Å². The average Bonchev–Trinajstić information content (AvgIpc) is 3.28. The van der Waals surface area contributed by atoms with Crippen molar-refractivity contribution in [2.24, 2.45) is 0 Å². The van der Waals surface area contributed by atoms with Crippen molar-refractivity contribution in [2.75, 3.05) is 31.2 Å². The fourth-order valence-corrected chi connectivity index (χ4v) is 2.96. The van der Waals surface area contributed by atoms with Gasteiger partial charge in [-0.1, -0.05) is 11.3 Å². The third kappa shape index (κ3) is 3.40. The smallest absolute Gasteiger partial charge is 0.265 e. The lowest BCUT2D eigenvalue weighted by Gasteiger charge is -2.15. The van der Waals surface area contributed by atoms with Gasteiger partial charge in [-0.15, -0.1) is 0 Å². The van der Waals surface area contributed by atoms with Gasteiger partial charge in [0.25, 0.3) is 5.91 Å². The molecule has 0 radical (unpaired) electrons. The predicted molar refractivity (Wildman–Crippen MR) is 81.2 cm³/mol. The van der Waals surface area contributed by atoms with E-state index in [1.807, 2.05) is 0 Å². The van der Waals surface area contributed by atoms with Crippen LogP contribution in [0.25, 0.3) is 0 Å². The van der Waals surface area contributed by atoms with Crippen LogP contribution in [0.4, 0.5) is 10.9 Å². The molecule has 6 nitrogen and oxygen atoms in total. The second-order valence-corrected chi connectivity index (χ2v) is 6.62. The minimum Gasteiger partial charge on any atom is -0.382 e. The lowest BCUT2D eigenvalue weighted by Crippen LogP contribution is -2.33. The van der Waals surface area contributed by atoms with Crippen LogP contribution in [0.15, 0.2) is 0 Å². The Labute approximate surface area is 122 Å². The molecule has 7 heteroatoms. The number of anilines is 2. The van der Waals surface area contributed by atoms with E-state index in [4.69, 9.17) is 5.73 Å². The summed E-state index contributed by atoms with van der Waals surface area (Å²) in [4.78, 5) is 19.1. The quantitative estimate of drug-likeness (QED) is 0.702. The standard InChI is InChI=1S/C13H21N5OS/c1-18(9-4-5-9)7-6-15-12(19)10-11(14)17-13(20-10)16-8-2-3-8/h8-9H,2-7,14H2,1H3,(H,15,19)(H,16,17). The van der Waals surface area contributed by atoms with E-state index in [1.165, 1.54) is 37.0 Å². The van der Waals surface area contributed by atoms with Gasteiger partial charge in [0.15, 0.2) is 5.13 Å². The first-order valence-electron chi connectivity index (χ1n) is 7.15. The van der Waals surface area contributed by atoms with Gasteiger partial charge in [0.2, 0.25) is 0 Å². The van der Waals surface area contributed by atoms with Crippen molar-refractivity contribution in [3.05, 3.63) is 4.88 Å². The highest BCUT2D eigenvalue weighted by atomic mass is 32.1. The Morgan fingerprint density at radius 3 is 2.85 bits per heavy atom. The SMILES string of the molecule is CN(CCNC(=O)c1sc(NC2CC2)nc1N)C1CC1. The van der Waals surface area contributed by atoms with E-state index in [0.717, 1.165) is 17.7 Å². The van der Waals surface area contributed by atoms with Crippen LogP contribution >= 0.6 is 11.3 Å². The van der Waals surface area contributed by atoms with Crippen LogP contribution in [0, 0.1) is 0 Å². The summed E-state index contributed by atoms with van der Waals surface area (Å²) in [5.74, 6) is 0.208. The van der Waals surface area contributed by atoms with Crippen LogP contribution in [0.5, 0.6) is 0 Å². The van der Waals surface area contributed by atoms with Gasteiger partial charge in [0, 0.05) is 25.2 Å². The Kier molecular flexibility index (Phi) is 3.80. The summed E-state index contributed by atoms with van der Waals surface area (Å²) in [5, 5.41) is 6.94. The van der Waals surface area contributed by atoms with Crippen LogP contribution in [0.2, 0.25) is 0 Å². The molecule has 2 fully saturated rings. The largest absolute Gasteiger partial charge is 0.382 e. The Hall–Kier alpha value is -1.34. The number of nitrogens with one attached hydrogen (secondary N) is 2. The Balaban J connectivity index is 1.49. The van der Waals surface area contributed by atoms with Crippen molar-refractivity contribution in [2.45, 2.75) is 37.8 Å². The molecule has 0 spiro atoms. The molecule has 3 rings (SSSR count). The van der Waals surface area contributed by atoms with Gasteiger partial charge in [0.1, 0.15) is 10.7 Å². The van der Waals surface area contributed by atoms with E-state index >= 15 is 0 Å². The van der Waals surface area contributed by atoms with E-state index in [-0.39, 0.29) is 5.91 Å². The van der Waals surface area contributed by atoms with Crippen LogP contribution in [-0.2, 0) is 0 Å². The molecule has 2 saturated carbocycles. The average molecular weight is 295 g/mol. The number of rotatable bonds is 7. The number of amides is 1. The molecule has 0 aromatic carbocycles. The summed E-state index contributed by atoms with van der Waals surface area (Å²) in [5.41, 5.74) is 5.82. The van der Waals surface area contributed by atoms with Crippen LogP contribution in [-0.4, -0.2) is 48.0 Å². The number of nitrogens with zero attached hydrogens (tertiary/aromatic N) is 2. The second-order valence-electron chi connectivity index (χ2n) is 5.62. The van der Waals surface area contributed by atoms with Crippen molar-refractivity contribution < 1.29 is 4.79 Å². The summed E-state index contributed by atoms with van der Waals surface area (Å²) >= 11 is 1.34. The van der Waals surface area contributed by atoms with Crippen molar-refractivity contribution in [3.63, 3.8) is 0 Å². The first-order valence-corrected chi connectivity index (χ1v) is 7.96. The maximum absolute atomic E-state index is 12.1. The highest BCUT2D eigenvalue weighted by Crippen LogP contribution is 2.30. The lowest BCUT2D eigenvalue weighted by molar-refractivity contribution is 0.0954. The minimum atomic E-state index is -0.118. The first kappa shape index (κ1) is 13.6. The van der Waals surface area contributed by atoms with Gasteiger partial charge in [-0.05, 0) is 32.7 Å². The molecular weight excluding hydrogens is 274 g/mol. The van der Waals surface area contributed by atoms with Gasteiger partial charge >= 0.3 is 0 Å². The van der Waals surface area contributed by atoms with E-state index in [0.29, 0.717) is 23.3 Å². The van der Waals surface area contributed by atoms with Crippen LogP contribution in [0.1, 0.15) is 35.4 Å². The second kappa shape index (κ2) is 5.57. The number of nitrogen functional groups attached to an aromatic ring is 1. The van der Waals surface area contributed by atoms with Gasteiger partial charge in [-0.2, -0.15) is 0 Å². The molecule has 2 aliphatic carbocycles. The molecule has 4 N–H and O–H groups in total. The number of aromatic nitrogens is 1. The summed E-state index contributed by atoms with van der Waals surface area (Å²) in [6.07, 6.45) is 4.91. The van der Waals surface area contributed by atoms with E-state index in [2.05, 4.69) is 27.6 Å². The Morgan fingerprint density at radius 1 is 1.45 bits per heavy atom. The summed E-state index contributed by atoms with van der Waals surface area (Å²) < 4.78 is 0. The van der Waals surface area contributed by atoms with Gasteiger partial charge < -0.3 is 21.3 Å². The zero-order chi connectivity index (χ0) is 14.1. The van der Waals surface area contributed by atoms with Crippen molar-refractivity contribution in [3.8, 4) is 0 Å². The molecule has 0 bridgehead atoms. The van der Waals surface area contributed by atoms with Gasteiger partial charge in [-0.25, -0.2) is 4.98 Å². The third-order valence-corrected chi connectivity index (χ3v) is 4.69. The molecule has 1 aromatic heterocycles. The number of likely N-dealkylation sites (N-methyl/N-ethyl adjacent to an activating group) is 1. The lowest BCUT2D eigenvalue weighted by atomic mass is 10.4. The Bertz CT molecular complexity index is 495. The molecule has 0 atom stereocenters. The van der Waals surface area contributed by atoms with E-state index in [1.54, 1.807) is 0 Å². The number of nitrogens with two attached hydrogens (primary N) is 1. The molecule has 2 aliphatic rings. The monoisotopic (exact) mass is 295 g/mol. The molecule has 0 saturated heterocycles. The molecule has 0 aliphatic heterocycles. The fourth-order valence-electron chi connectivity index (χ4n) is 2.08. The zero-order valence-corrected chi connectivity index (χ0v) is 12.5. The van der Waals surface area contributed by atoms with Crippen molar-refractivity contribution >= 4 is 28.2 Å². The topological polar surface area (TPSA) is 83.3 Å². The summed E-state index contributed by atoms with van der Waals surface area (Å²) in [6.45, 7) is 1.52. The minimum absolute atomic E-state index is 0.118. The van der Waals surface area contributed by atoms with E-state index < -0.39 is 0 Å². The van der Waals surface area contributed by atoms with Crippen LogP contribution in [0.3, 0.4) is 0 Å². The molecule has 0 unspecified atom stereocenters. The van der Waals surface area contributed by atoms with Gasteiger partial charge in [0.05, 0.1) is 0 Å². The van der Waals surface area contributed by atoms with Gasteiger partial charge in [-0.3, -0.25) is 4.79 Å². The number of hydrogen-bond acceptors (Lipinski definition) is 6. The first-order chi connectivity index (χ1) is 9.63. The fraction of sp³-hybridized carbons (Fsp3) is 0.692. The molecule has 1 aromatic rings. The maximum Gasteiger partial charge on any atom is 0.265 e. The number of thiazole rings is 1. The highest BCUT2D eigenvalue weighted by Gasteiger charge is 2.26. The molecule has 110 valence electrons. The predicted octanol–water partition coefficient (Wildman–Crippen LogP) is 1.12. The molecular formula is C13H21N5OS. The Morgan fingerprint density at radius 2 is 2.20 bits per heavy atom. The molecule has 20 heavy (non-hydrogen) atoms.